The van der Waals surface area contributed by atoms with Crippen LogP contribution in [0.25, 0.3) is 11.0 Å². The minimum Gasteiger partial charge on any atom is -0.455 e. The van der Waals surface area contributed by atoms with Crippen molar-refractivity contribution in [1.29, 1.82) is 0 Å². The molecule has 0 saturated heterocycles. The molecule has 0 atom stereocenters. The fraction of sp³-hybridized carbons (Fsp3) is 0.190. The molecule has 0 saturated carbocycles. The Hall–Kier alpha value is -3.41. The highest BCUT2D eigenvalue weighted by Crippen LogP contribution is 2.24. The number of rotatable bonds is 6. The van der Waals surface area contributed by atoms with Gasteiger partial charge in [-0.25, -0.2) is 4.79 Å². The summed E-state index contributed by atoms with van der Waals surface area (Å²) in [5.41, 5.74) is 0.484. The zero-order valence-corrected chi connectivity index (χ0v) is 14.8. The number of ether oxygens (including phenoxy) is 2. The minimum atomic E-state index is -0.744. The molecule has 0 bridgehead atoms. The van der Waals surface area contributed by atoms with E-state index < -0.39 is 17.4 Å². The second-order valence-corrected chi connectivity index (χ2v) is 5.89. The van der Waals surface area contributed by atoms with Crippen LogP contribution in [-0.2, 0) is 16.1 Å². The lowest BCUT2D eigenvalue weighted by molar-refractivity contribution is -0.134. The third kappa shape index (κ3) is 4.41. The van der Waals surface area contributed by atoms with Gasteiger partial charge in [-0.15, -0.1) is 0 Å². The summed E-state index contributed by atoms with van der Waals surface area (Å²) in [5.74, 6) is -1.27. The Morgan fingerprint density at radius 2 is 1.81 bits per heavy atom. The van der Waals surface area contributed by atoms with Crippen molar-refractivity contribution in [1.82, 2.24) is 0 Å². The Balaban J connectivity index is 1.85. The first-order valence-electron chi connectivity index (χ1n) is 8.57. The van der Waals surface area contributed by atoms with Crippen LogP contribution >= 0.6 is 0 Å². The van der Waals surface area contributed by atoms with Crippen molar-refractivity contribution in [3.05, 3.63) is 76.1 Å². The van der Waals surface area contributed by atoms with Crippen LogP contribution in [0.3, 0.4) is 0 Å². The molecule has 1 heterocycles. The first-order chi connectivity index (χ1) is 13.1. The second-order valence-electron chi connectivity index (χ2n) is 5.89. The smallest absolute Gasteiger partial charge is 0.374 e. The quantitative estimate of drug-likeness (QED) is 0.487. The molecule has 6 nitrogen and oxygen atoms in total. The molecule has 0 unspecified atom stereocenters. The number of carbonyl (C=O) groups excluding carboxylic acids is 2. The Labute approximate surface area is 155 Å². The largest absolute Gasteiger partial charge is 0.455 e. The highest BCUT2D eigenvalue weighted by atomic mass is 16.5. The lowest BCUT2D eigenvalue weighted by Crippen LogP contribution is -2.13. The molecular weight excluding hydrogens is 348 g/mol. The van der Waals surface area contributed by atoms with E-state index in [1.54, 1.807) is 6.07 Å². The molecule has 27 heavy (non-hydrogen) atoms. The van der Waals surface area contributed by atoms with Crippen molar-refractivity contribution < 1.29 is 23.5 Å². The van der Waals surface area contributed by atoms with Gasteiger partial charge in [0, 0.05) is 12.5 Å². The van der Waals surface area contributed by atoms with Crippen LogP contribution < -0.4 is 10.2 Å². The van der Waals surface area contributed by atoms with E-state index in [9.17, 15) is 14.4 Å². The summed E-state index contributed by atoms with van der Waals surface area (Å²) in [6.45, 7) is 1.92. The van der Waals surface area contributed by atoms with Crippen molar-refractivity contribution in [3.8, 4) is 5.75 Å². The maximum atomic E-state index is 12.5. The highest BCUT2D eigenvalue weighted by Gasteiger charge is 2.17. The normalized spacial score (nSPS) is 10.6. The molecule has 3 aromatic rings. The van der Waals surface area contributed by atoms with E-state index in [-0.39, 0.29) is 35.5 Å². The molecule has 0 aliphatic carbocycles. The van der Waals surface area contributed by atoms with Crippen molar-refractivity contribution in [2.24, 2.45) is 0 Å². The summed E-state index contributed by atoms with van der Waals surface area (Å²) in [6, 6.07) is 14.8. The maximum absolute atomic E-state index is 12.5. The van der Waals surface area contributed by atoms with Gasteiger partial charge in [0.25, 0.3) is 0 Å². The van der Waals surface area contributed by atoms with E-state index in [4.69, 9.17) is 13.9 Å². The van der Waals surface area contributed by atoms with E-state index in [1.807, 2.05) is 37.3 Å². The van der Waals surface area contributed by atoms with E-state index in [0.29, 0.717) is 6.42 Å². The van der Waals surface area contributed by atoms with E-state index in [2.05, 4.69) is 0 Å². The number of fused-ring (bicyclic) bond motifs is 1. The summed E-state index contributed by atoms with van der Waals surface area (Å²) < 4.78 is 15.9. The first-order valence-corrected chi connectivity index (χ1v) is 8.57. The van der Waals surface area contributed by atoms with Crippen LogP contribution in [0.4, 0.5) is 0 Å². The molecule has 3 rings (SSSR count). The van der Waals surface area contributed by atoms with Gasteiger partial charge >= 0.3 is 11.9 Å². The van der Waals surface area contributed by atoms with Crippen molar-refractivity contribution in [2.45, 2.75) is 26.4 Å². The van der Waals surface area contributed by atoms with Gasteiger partial charge in [-0.1, -0.05) is 43.3 Å². The van der Waals surface area contributed by atoms with Gasteiger partial charge in [0.15, 0.2) is 5.43 Å². The molecule has 0 radical (unpaired) electrons. The summed E-state index contributed by atoms with van der Waals surface area (Å²) in [7, 11) is 0. The predicted molar refractivity (Wildman–Crippen MR) is 98.6 cm³/mol. The van der Waals surface area contributed by atoms with Crippen molar-refractivity contribution >= 4 is 22.9 Å². The van der Waals surface area contributed by atoms with E-state index in [0.717, 1.165) is 11.6 Å². The lowest BCUT2D eigenvalue weighted by atomic mass is 10.2. The topological polar surface area (TPSA) is 82.8 Å². The summed E-state index contributed by atoms with van der Waals surface area (Å²) in [6.07, 6.45) is 0.876. The molecule has 2 aromatic carbocycles. The molecule has 0 N–H and O–H groups in total. The molecule has 0 fully saturated rings. The number of hydrogen-bond donors (Lipinski definition) is 0. The predicted octanol–water partition coefficient (Wildman–Crippen LogP) is 3.86. The molecule has 6 heteroatoms. The van der Waals surface area contributed by atoms with Gasteiger partial charge in [0.05, 0.1) is 0 Å². The standard InChI is InChI=1S/C21H18O6/c1-2-7-19(23)27-17-11-6-10-16-20(17)15(22)12-18(26-16)21(24)25-13-14-8-4-3-5-9-14/h3-6,8-12H,2,7,13H2,1H3. The molecule has 0 amide bonds. The van der Waals surface area contributed by atoms with Gasteiger partial charge in [0.2, 0.25) is 5.76 Å². The number of esters is 2. The van der Waals surface area contributed by atoms with Gasteiger partial charge in [-0.05, 0) is 24.1 Å². The van der Waals surface area contributed by atoms with Crippen LogP contribution in [-0.4, -0.2) is 11.9 Å². The average Bonchev–Trinajstić information content (AvgIpc) is 2.67. The summed E-state index contributed by atoms with van der Waals surface area (Å²) >= 11 is 0. The molecule has 0 spiro atoms. The average molecular weight is 366 g/mol. The zero-order valence-electron chi connectivity index (χ0n) is 14.8. The molecule has 0 aliphatic heterocycles. The third-order valence-electron chi connectivity index (χ3n) is 3.81. The fourth-order valence-corrected chi connectivity index (χ4v) is 2.54. The summed E-state index contributed by atoms with van der Waals surface area (Å²) in [5, 5.41) is 0.113. The molecule has 138 valence electrons. The third-order valence-corrected chi connectivity index (χ3v) is 3.81. The maximum Gasteiger partial charge on any atom is 0.374 e. The van der Waals surface area contributed by atoms with Crippen LogP contribution in [0.15, 0.2) is 63.8 Å². The van der Waals surface area contributed by atoms with Gasteiger partial charge < -0.3 is 13.9 Å². The van der Waals surface area contributed by atoms with Gasteiger partial charge in [-0.2, -0.15) is 0 Å². The second kappa shape index (κ2) is 8.31. The van der Waals surface area contributed by atoms with Crippen LogP contribution in [0.5, 0.6) is 5.75 Å². The van der Waals surface area contributed by atoms with Crippen LogP contribution in [0.2, 0.25) is 0 Å². The van der Waals surface area contributed by atoms with Crippen LogP contribution in [0, 0.1) is 0 Å². The SMILES string of the molecule is CCCC(=O)Oc1cccc2oc(C(=O)OCc3ccccc3)cc(=O)c12. The fourth-order valence-electron chi connectivity index (χ4n) is 2.54. The monoisotopic (exact) mass is 366 g/mol. The van der Waals surface area contributed by atoms with Gasteiger partial charge in [0.1, 0.15) is 23.3 Å². The van der Waals surface area contributed by atoms with Crippen LogP contribution in [0.1, 0.15) is 35.9 Å². The number of benzene rings is 2. The van der Waals surface area contributed by atoms with E-state index >= 15 is 0 Å². The molecule has 1 aromatic heterocycles. The lowest BCUT2D eigenvalue weighted by Gasteiger charge is -2.08. The van der Waals surface area contributed by atoms with E-state index in [1.165, 1.54) is 12.1 Å². The van der Waals surface area contributed by atoms with Crippen molar-refractivity contribution in [3.63, 3.8) is 0 Å². The first kappa shape index (κ1) is 18.4. The molecular formula is C21H18O6. The summed E-state index contributed by atoms with van der Waals surface area (Å²) in [4.78, 5) is 36.4. The molecule has 0 aliphatic rings. The zero-order chi connectivity index (χ0) is 19.2. The highest BCUT2D eigenvalue weighted by molar-refractivity contribution is 5.91. The number of carbonyl (C=O) groups is 2. The van der Waals surface area contributed by atoms with Crippen molar-refractivity contribution in [2.75, 3.05) is 0 Å². The Bertz CT molecular complexity index is 1020. The Kier molecular flexibility index (Phi) is 5.66. The Morgan fingerprint density at radius 3 is 2.56 bits per heavy atom. The Morgan fingerprint density at radius 1 is 1.04 bits per heavy atom. The van der Waals surface area contributed by atoms with Gasteiger partial charge in [-0.3, -0.25) is 9.59 Å². The number of hydrogen-bond acceptors (Lipinski definition) is 6. The minimum absolute atomic E-state index is 0.0656.